The highest BCUT2D eigenvalue weighted by Gasteiger charge is 2.38. The van der Waals surface area contributed by atoms with Crippen LogP contribution in [0.15, 0.2) is 29.2 Å². The summed E-state index contributed by atoms with van der Waals surface area (Å²) in [6, 6.07) is 5.88. The summed E-state index contributed by atoms with van der Waals surface area (Å²) in [6.07, 6.45) is 0. The molecule has 1 aliphatic rings. The maximum Gasteiger partial charge on any atom is 0.240 e. The van der Waals surface area contributed by atoms with Gasteiger partial charge in [0.15, 0.2) is 0 Å². The average Bonchev–Trinajstić information content (AvgIpc) is 2.82. The number of amides is 1. The first-order valence-electron chi connectivity index (χ1n) is 7.24. The maximum absolute atomic E-state index is 12.5. The number of carbonyl (C=O) groups is 1. The molecule has 1 aromatic rings. The van der Waals surface area contributed by atoms with Crippen molar-refractivity contribution >= 4 is 27.5 Å². The smallest absolute Gasteiger partial charge is 0.240 e. The van der Waals surface area contributed by atoms with Crippen molar-refractivity contribution in [1.29, 1.82) is 0 Å². The highest BCUT2D eigenvalue weighted by Crippen LogP contribution is 2.26. The number of nitrogens with zero attached hydrogens (tertiary/aromatic N) is 1. The van der Waals surface area contributed by atoms with Gasteiger partial charge in [-0.05, 0) is 30.0 Å². The first-order valence-corrected chi connectivity index (χ1v) is 9.10. The van der Waals surface area contributed by atoms with Crippen molar-refractivity contribution in [3.05, 3.63) is 29.3 Å². The van der Waals surface area contributed by atoms with Gasteiger partial charge < -0.3 is 4.90 Å². The van der Waals surface area contributed by atoms with Crippen LogP contribution in [-0.2, 0) is 14.8 Å². The summed E-state index contributed by atoms with van der Waals surface area (Å²) in [5.41, 5.74) is 0. The molecule has 0 spiro atoms. The summed E-state index contributed by atoms with van der Waals surface area (Å²) in [6.45, 7) is 6.56. The Labute approximate surface area is 136 Å². The van der Waals surface area contributed by atoms with E-state index in [1.807, 2.05) is 13.8 Å². The van der Waals surface area contributed by atoms with Gasteiger partial charge in [-0.1, -0.05) is 31.5 Å². The van der Waals surface area contributed by atoms with Crippen molar-refractivity contribution in [2.45, 2.75) is 31.7 Å². The summed E-state index contributed by atoms with van der Waals surface area (Å²) < 4.78 is 27.8. The number of rotatable bonds is 4. The van der Waals surface area contributed by atoms with E-state index in [-0.39, 0.29) is 28.7 Å². The Morgan fingerprint density at radius 2 is 2.05 bits per heavy atom. The fraction of sp³-hybridized carbons (Fsp3) is 0.533. The van der Waals surface area contributed by atoms with Crippen molar-refractivity contribution in [2.24, 2.45) is 11.8 Å². The van der Waals surface area contributed by atoms with E-state index in [2.05, 4.69) is 4.72 Å². The van der Waals surface area contributed by atoms with Crippen molar-refractivity contribution < 1.29 is 13.2 Å². The Morgan fingerprint density at radius 3 is 2.59 bits per heavy atom. The largest absolute Gasteiger partial charge is 0.341 e. The van der Waals surface area contributed by atoms with Gasteiger partial charge in [0.05, 0.1) is 4.90 Å². The van der Waals surface area contributed by atoms with Crippen LogP contribution in [0.25, 0.3) is 0 Å². The molecule has 122 valence electrons. The summed E-state index contributed by atoms with van der Waals surface area (Å²) >= 11 is 5.87. The molecule has 0 saturated carbocycles. The standard InChI is InChI=1S/C15H21ClN2O3S/c1-10(2)14-8-18(11(3)19)9-15(14)17-22(20,21)13-6-4-5-12(16)7-13/h4-7,10,14-15,17H,8-9H2,1-3H3/t14-,15+/m1/s1. The lowest BCUT2D eigenvalue weighted by atomic mass is 9.92. The zero-order valence-electron chi connectivity index (χ0n) is 12.9. The van der Waals surface area contributed by atoms with E-state index in [0.29, 0.717) is 18.1 Å². The molecule has 1 fully saturated rings. The third-order valence-electron chi connectivity index (χ3n) is 4.08. The number of hydrogen-bond donors (Lipinski definition) is 1. The topological polar surface area (TPSA) is 66.5 Å². The normalized spacial score (nSPS) is 22.3. The SMILES string of the molecule is CC(=O)N1C[C@H](NS(=O)(=O)c2cccc(Cl)c2)[C@@H](C(C)C)C1. The van der Waals surface area contributed by atoms with Gasteiger partial charge in [0.2, 0.25) is 15.9 Å². The summed E-state index contributed by atoms with van der Waals surface area (Å²) in [5.74, 6) is 0.337. The second-order valence-corrected chi connectivity index (χ2v) is 8.17. The van der Waals surface area contributed by atoms with E-state index in [9.17, 15) is 13.2 Å². The molecule has 0 bridgehead atoms. The molecule has 0 radical (unpaired) electrons. The fourth-order valence-electron chi connectivity index (χ4n) is 2.79. The Hall–Kier alpha value is -1.11. The highest BCUT2D eigenvalue weighted by molar-refractivity contribution is 7.89. The second kappa shape index (κ2) is 6.56. The van der Waals surface area contributed by atoms with Gasteiger partial charge in [-0.2, -0.15) is 0 Å². The molecule has 1 aliphatic heterocycles. The number of hydrogen-bond acceptors (Lipinski definition) is 3. The van der Waals surface area contributed by atoms with Crippen LogP contribution in [0.1, 0.15) is 20.8 Å². The third kappa shape index (κ3) is 3.80. The number of halogens is 1. The molecule has 1 saturated heterocycles. The summed E-state index contributed by atoms with van der Waals surface area (Å²) in [4.78, 5) is 13.4. The van der Waals surface area contributed by atoms with Crippen LogP contribution in [0, 0.1) is 11.8 Å². The van der Waals surface area contributed by atoms with Crippen LogP contribution in [0.4, 0.5) is 0 Å². The lowest BCUT2D eigenvalue weighted by Crippen LogP contribution is -2.42. The number of sulfonamides is 1. The molecule has 1 aromatic carbocycles. The quantitative estimate of drug-likeness (QED) is 0.909. The third-order valence-corrected chi connectivity index (χ3v) is 5.80. The second-order valence-electron chi connectivity index (χ2n) is 6.02. The predicted octanol–water partition coefficient (Wildman–Crippen LogP) is 2.12. The molecule has 0 unspecified atom stereocenters. The van der Waals surface area contributed by atoms with E-state index < -0.39 is 10.0 Å². The lowest BCUT2D eigenvalue weighted by Gasteiger charge is -2.22. The number of likely N-dealkylation sites (tertiary alicyclic amines) is 1. The van der Waals surface area contributed by atoms with Crippen LogP contribution < -0.4 is 4.72 Å². The van der Waals surface area contributed by atoms with E-state index in [1.165, 1.54) is 19.1 Å². The minimum Gasteiger partial charge on any atom is -0.341 e. The molecule has 22 heavy (non-hydrogen) atoms. The fourth-order valence-corrected chi connectivity index (χ4v) is 4.37. The number of benzene rings is 1. The summed E-state index contributed by atoms with van der Waals surface area (Å²) in [7, 11) is -3.65. The van der Waals surface area contributed by atoms with Gasteiger partial charge in [-0.3, -0.25) is 4.79 Å². The van der Waals surface area contributed by atoms with Crippen LogP contribution in [0.5, 0.6) is 0 Å². The Balaban J connectivity index is 2.22. The van der Waals surface area contributed by atoms with Crippen LogP contribution >= 0.6 is 11.6 Å². The van der Waals surface area contributed by atoms with E-state index in [4.69, 9.17) is 11.6 Å². The minimum atomic E-state index is -3.65. The zero-order valence-corrected chi connectivity index (χ0v) is 14.5. The van der Waals surface area contributed by atoms with Crippen molar-refractivity contribution in [3.8, 4) is 0 Å². The van der Waals surface area contributed by atoms with Gasteiger partial charge in [0, 0.05) is 31.1 Å². The van der Waals surface area contributed by atoms with Crippen molar-refractivity contribution in [1.82, 2.24) is 9.62 Å². The molecule has 0 aliphatic carbocycles. The van der Waals surface area contributed by atoms with Crippen LogP contribution in [0.3, 0.4) is 0 Å². The molecule has 1 amide bonds. The monoisotopic (exact) mass is 344 g/mol. The maximum atomic E-state index is 12.5. The molecule has 0 aromatic heterocycles. The Kier molecular flexibility index (Phi) is 5.14. The van der Waals surface area contributed by atoms with Crippen LogP contribution in [-0.4, -0.2) is 38.4 Å². The van der Waals surface area contributed by atoms with Gasteiger partial charge in [-0.15, -0.1) is 0 Å². The first kappa shape index (κ1) is 17.2. The molecular formula is C15H21ClN2O3S. The molecule has 1 N–H and O–H groups in total. The molecule has 5 nitrogen and oxygen atoms in total. The van der Waals surface area contributed by atoms with Gasteiger partial charge in [-0.25, -0.2) is 13.1 Å². The number of carbonyl (C=O) groups excluding carboxylic acids is 1. The predicted molar refractivity (Wildman–Crippen MR) is 86.1 cm³/mol. The average molecular weight is 345 g/mol. The van der Waals surface area contributed by atoms with Gasteiger partial charge >= 0.3 is 0 Å². The lowest BCUT2D eigenvalue weighted by molar-refractivity contribution is -0.128. The van der Waals surface area contributed by atoms with E-state index in [1.54, 1.807) is 17.0 Å². The van der Waals surface area contributed by atoms with Crippen molar-refractivity contribution in [3.63, 3.8) is 0 Å². The number of nitrogens with one attached hydrogen (secondary N) is 1. The molecule has 7 heteroatoms. The Bertz CT molecular complexity index is 661. The first-order chi connectivity index (χ1) is 10.2. The van der Waals surface area contributed by atoms with Gasteiger partial charge in [0.1, 0.15) is 0 Å². The molecule has 2 rings (SSSR count). The van der Waals surface area contributed by atoms with E-state index in [0.717, 1.165) is 0 Å². The van der Waals surface area contributed by atoms with Crippen LogP contribution in [0.2, 0.25) is 5.02 Å². The molecule has 2 atom stereocenters. The molecular weight excluding hydrogens is 324 g/mol. The Morgan fingerprint density at radius 1 is 1.36 bits per heavy atom. The van der Waals surface area contributed by atoms with Crippen molar-refractivity contribution in [2.75, 3.05) is 13.1 Å². The highest BCUT2D eigenvalue weighted by atomic mass is 35.5. The van der Waals surface area contributed by atoms with Gasteiger partial charge in [0.25, 0.3) is 0 Å². The minimum absolute atomic E-state index is 0.0323. The molecule has 1 heterocycles. The van der Waals surface area contributed by atoms with E-state index >= 15 is 0 Å². The zero-order chi connectivity index (χ0) is 16.5. The summed E-state index contributed by atoms with van der Waals surface area (Å²) in [5, 5.41) is 0.375.